The molecule has 6 nitrogen and oxygen atoms in total. The maximum Gasteiger partial charge on any atom is 0.344 e. The summed E-state index contributed by atoms with van der Waals surface area (Å²) in [5.74, 6) is -0.0314. The molecule has 1 saturated carbocycles. The van der Waals surface area contributed by atoms with Gasteiger partial charge in [-0.15, -0.1) is 0 Å². The van der Waals surface area contributed by atoms with Gasteiger partial charge in [0.05, 0.1) is 11.8 Å². The Hall–Kier alpha value is -1.95. The minimum absolute atomic E-state index is 0.113. The van der Waals surface area contributed by atoms with Crippen molar-refractivity contribution < 1.29 is 14.3 Å². The average Bonchev–Trinajstić information content (AvgIpc) is 2.88. The highest BCUT2D eigenvalue weighted by molar-refractivity contribution is 5.97. The lowest BCUT2D eigenvalue weighted by molar-refractivity contribution is -0.243. The molecule has 2 fully saturated rings. The molecule has 3 heterocycles. The molecular weight excluding hydrogens is 294 g/mol. The Morgan fingerprint density at radius 3 is 3.13 bits per heavy atom. The van der Waals surface area contributed by atoms with Gasteiger partial charge in [0, 0.05) is 30.3 Å². The lowest BCUT2D eigenvalue weighted by Crippen LogP contribution is -2.65. The van der Waals surface area contributed by atoms with Crippen LogP contribution in [0.25, 0.3) is 5.65 Å². The van der Waals surface area contributed by atoms with E-state index in [9.17, 15) is 4.79 Å². The first-order valence-corrected chi connectivity index (χ1v) is 8.12. The van der Waals surface area contributed by atoms with Crippen molar-refractivity contribution in [2.75, 3.05) is 6.61 Å². The van der Waals surface area contributed by atoms with E-state index in [2.05, 4.69) is 23.9 Å². The summed E-state index contributed by atoms with van der Waals surface area (Å²) in [5.41, 5.74) is 1.50. The Labute approximate surface area is 134 Å². The fourth-order valence-corrected chi connectivity index (χ4v) is 4.13. The lowest BCUT2D eigenvalue weighted by Gasteiger charge is -2.58. The fraction of sp³-hybridized carbons (Fsp3) is 0.588. The SMILES string of the molecule is Cc1nn2cccnc2c1C(=O)O[C@@H]1[C@@H]2CCCO[C@H]2C1(C)C. The molecule has 23 heavy (non-hydrogen) atoms. The van der Waals surface area contributed by atoms with Gasteiger partial charge in [-0.25, -0.2) is 14.3 Å². The molecule has 0 bridgehead atoms. The molecule has 2 aromatic heterocycles. The first kappa shape index (κ1) is 14.6. The van der Waals surface area contributed by atoms with Crippen LogP contribution in [0.1, 0.15) is 42.7 Å². The van der Waals surface area contributed by atoms with E-state index < -0.39 is 0 Å². The van der Waals surface area contributed by atoms with Crippen LogP contribution in [0.3, 0.4) is 0 Å². The fourth-order valence-electron chi connectivity index (χ4n) is 4.13. The van der Waals surface area contributed by atoms with Gasteiger partial charge < -0.3 is 9.47 Å². The van der Waals surface area contributed by atoms with Crippen molar-refractivity contribution in [1.82, 2.24) is 14.6 Å². The second kappa shape index (κ2) is 5.03. The number of ether oxygens (including phenoxy) is 2. The maximum absolute atomic E-state index is 12.7. The number of hydrogen-bond donors (Lipinski definition) is 0. The summed E-state index contributed by atoms with van der Waals surface area (Å²) in [5, 5.41) is 4.33. The number of aryl methyl sites for hydroxylation is 1. The van der Waals surface area contributed by atoms with Crippen LogP contribution in [-0.4, -0.2) is 39.4 Å². The van der Waals surface area contributed by atoms with Gasteiger partial charge in [0.2, 0.25) is 0 Å². The summed E-state index contributed by atoms with van der Waals surface area (Å²) < 4.78 is 13.4. The zero-order valence-electron chi connectivity index (χ0n) is 13.7. The maximum atomic E-state index is 12.7. The summed E-state index contributed by atoms with van der Waals surface area (Å²) in [6, 6.07) is 1.79. The molecule has 3 atom stereocenters. The van der Waals surface area contributed by atoms with E-state index >= 15 is 0 Å². The summed E-state index contributed by atoms with van der Waals surface area (Å²) in [7, 11) is 0. The molecule has 1 saturated heterocycles. The second-order valence-electron chi connectivity index (χ2n) is 7.09. The molecular formula is C17H21N3O3. The van der Waals surface area contributed by atoms with Crippen molar-refractivity contribution >= 4 is 11.6 Å². The minimum atomic E-state index is -0.335. The summed E-state index contributed by atoms with van der Waals surface area (Å²) in [6.45, 7) is 6.84. The number of fused-ring (bicyclic) bond motifs is 2. The van der Waals surface area contributed by atoms with Crippen molar-refractivity contribution in [3.8, 4) is 0 Å². The molecule has 2 aromatic rings. The molecule has 1 aliphatic carbocycles. The summed E-state index contributed by atoms with van der Waals surface area (Å²) in [4.78, 5) is 17.0. The van der Waals surface area contributed by atoms with Crippen LogP contribution in [-0.2, 0) is 9.47 Å². The first-order valence-electron chi connectivity index (χ1n) is 8.12. The standard InChI is InChI=1S/C17H21N3O3/c1-10-12(15-18-7-5-8-20(15)19-10)16(21)23-14-11-6-4-9-22-13(11)17(14,2)3/h5,7-8,11,13-14H,4,6,9H2,1-3H3/t11-,13-,14-/m1/s1. The van der Waals surface area contributed by atoms with Crippen LogP contribution in [0, 0.1) is 18.3 Å². The van der Waals surface area contributed by atoms with Crippen LogP contribution in [0.4, 0.5) is 0 Å². The average molecular weight is 315 g/mol. The monoisotopic (exact) mass is 315 g/mol. The highest BCUT2D eigenvalue weighted by atomic mass is 16.6. The first-order chi connectivity index (χ1) is 11.0. The van der Waals surface area contributed by atoms with E-state index in [-0.39, 0.29) is 23.6 Å². The van der Waals surface area contributed by atoms with E-state index in [0.717, 1.165) is 19.4 Å². The van der Waals surface area contributed by atoms with Crippen LogP contribution in [0.2, 0.25) is 0 Å². The Kier molecular flexibility index (Phi) is 3.20. The second-order valence-corrected chi connectivity index (χ2v) is 7.09. The van der Waals surface area contributed by atoms with E-state index in [1.54, 1.807) is 23.0 Å². The van der Waals surface area contributed by atoms with Gasteiger partial charge in [0.1, 0.15) is 11.7 Å². The third kappa shape index (κ3) is 2.08. The Morgan fingerprint density at radius 1 is 1.48 bits per heavy atom. The van der Waals surface area contributed by atoms with Crippen molar-refractivity contribution in [2.45, 2.75) is 45.8 Å². The van der Waals surface area contributed by atoms with Gasteiger partial charge in [-0.05, 0) is 25.8 Å². The highest BCUT2D eigenvalue weighted by Gasteiger charge is 2.60. The van der Waals surface area contributed by atoms with Crippen molar-refractivity contribution in [3.63, 3.8) is 0 Å². The molecule has 4 rings (SSSR count). The Balaban J connectivity index is 1.61. The Bertz CT molecular complexity index is 768. The predicted molar refractivity (Wildman–Crippen MR) is 83.2 cm³/mol. The molecule has 6 heteroatoms. The van der Waals surface area contributed by atoms with Gasteiger partial charge in [-0.1, -0.05) is 13.8 Å². The molecule has 0 unspecified atom stereocenters. The van der Waals surface area contributed by atoms with Crippen molar-refractivity contribution in [1.29, 1.82) is 0 Å². The minimum Gasteiger partial charge on any atom is -0.458 e. The number of esters is 1. The molecule has 2 aliphatic rings. The third-order valence-corrected chi connectivity index (χ3v) is 5.23. The number of rotatable bonds is 2. The van der Waals surface area contributed by atoms with Crippen LogP contribution < -0.4 is 0 Å². The van der Waals surface area contributed by atoms with E-state index in [0.29, 0.717) is 22.8 Å². The number of carbonyl (C=O) groups excluding carboxylic acids is 1. The zero-order chi connectivity index (χ0) is 16.2. The smallest absolute Gasteiger partial charge is 0.344 e. The molecule has 0 spiro atoms. The lowest BCUT2D eigenvalue weighted by atomic mass is 9.57. The van der Waals surface area contributed by atoms with Crippen molar-refractivity contribution in [2.24, 2.45) is 11.3 Å². The Morgan fingerprint density at radius 2 is 2.30 bits per heavy atom. The molecule has 0 N–H and O–H groups in total. The van der Waals surface area contributed by atoms with Crippen LogP contribution in [0.15, 0.2) is 18.5 Å². The summed E-state index contributed by atoms with van der Waals surface area (Å²) >= 11 is 0. The van der Waals surface area contributed by atoms with Crippen LogP contribution in [0.5, 0.6) is 0 Å². The molecule has 0 radical (unpaired) electrons. The number of hydrogen-bond acceptors (Lipinski definition) is 5. The molecule has 0 amide bonds. The number of carbonyl (C=O) groups is 1. The molecule has 1 aliphatic heterocycles. The van der Waals surface area contributed by atoms with Gasteiger partial charge in [0.15, 0.2) is 5.65 Å². The normalized spacial score (nSPS) is 28.9. The molecule has 0 aromatic carbocycles. The highest BCUT2D eigenvalue weighted by Crippen LogP contribution is 2.53. The van der Waals surface area contributed by atoms with Gasteiger partial charge >= 0.3 is 5.97 Å². The largest absolute Gasteiger partial charge is 0.458 e. The van der Waals surface area contributed by atoms with E-state index in [1.807, 2.05) is 6.92 Å². The van der Waals surface area contributed by atoms with E-state index in [4.69, 9.17) is 9.47 Å². The quantitative estimate of drug-likeness (QED) is 0.796. The topological polar surface area (TPSA) is 65.7 Å². The van der Waals surface area contributed by atoms with Crippen LogP contribution >= 0.6 is 0 Å². The van der Waals surface area contributed by atoms with Gasteiger partial charge in [-0.2, -0.15) is 5.10 Å². The molecule has 122 valence electrons. The third-order valence-electron chi connectivity index (χ3n) is 5.23. The zero-order valence-corrected chi connectivity index (χ0v) is 13.7. The van der Waals surface area contributed by atoms with Gasteiger partial charge in [-0.3, -0.25) is 0 Å². The number of aromatic nitrogens is 3. The predicted octanol–water partition coefficient (Wildman–Crippen LogP) is 2.40. The summed E-state index contributed by atoms with van der Waals surface area (Å²) in [6.07, 6.45) is 5.60. The van der Waals surface area contributed by atoms with Gasteiger partial charge in [0.25, 0.3) is 0 Å². The van der Waals surface area contributed by atoms with E-state index in [1.165, 1.54) is 0 Å². The van der Waals surface area contributed by atoms with Crippen molar-refractivity contribution in [3.05, 3.63) is 29.7 Å². The number of nitrogens with zero attached hydrogens (tertiary/aromatic N) is 3.